The first kappa shape index (κ1) is 14.3. The second-order valence-corrected chi connectivity index (χ2v) is 3.30. The molecule has 1 amide bonds. The van der Waals surface area contributed by atoms with Gasteiger partial charge in [0.25, 0.3) is 5.91 Å². The highest BCUT2D eigenvalue weighted by molar-refractivity contribution is 5.92. The van der Waals surface area contributed by atoms with E-state index in [2.05, 4.69) is 15.0 Å². The van der Waals surface area contributed by atoms with Crippen LogP contribution in [0.5, 0.6) is 5.75 Å². The molecule has 6 nitrogen and oxygen atoms in total. The quantitative estimate of drug-likeness (QED) is 0.658. The summed E-state index contributed by atoms with van der Waals surface area (Å²) in [5, 5.41) is 19.9. The molecule has 1 aromatic rings. The van der Waals surface area contributed by atoms with Crippen molar-refractivity contribution >= 4 is 5.91 Å². The maximum absolute atomic E-state index is 11.8. The lowest BCUT2D eigenvalue weighted by molar-refractivity contribution is -0.0500. The van der Waals surface area contributed by atoms with Crippen molar-refractivity contribution in [1.82, 2.24) is 10.3 Å². The number of carbonyl (C=O) groups excluding carboxylic acids is 1. The number of ether oxygens (including phenoxy) is 1. The molecule has 1 aromatic heterocycles. The zero-order valence-electron chi connectivity index (χ0n) is 9.22. The van der Waals surface area contributed by atoms with E-state index in [0.717, 1.165) is 6.20 Å². The number of aliphatic hydroxyl groups excluding tert-OH is 2. The van der Waals surface area contributed by atoms with Crippen molar-refractivity contribution in [2.24, 2.45) is 0 Å². The molecule has 0 radical (unpaired) electrons. The van der Waals surface area contributed by atoms with Crippen LogP contribution < -0.4 is 10.1 Å². The molecule has 0 fully saturated rings. The minimum Gasteiger partial charge on any atom is -0.433 e. The van der Waals surface area contributed by atoms with E-state index < -0.39 is 25.2 Å². The monoisotopic (exact) mass is 262 g/mol. The van der Waals surface area contributed by atoms with Crippen molar-refractivity contribution in [1.29, 1.82) is 0 Å². The average Bonchev–Trinajstić information content (AvgIpc) is 2.35. The van der Waals surface area contributed by atoms with E-state index in [9.17, 15) is 13.6 Å². The van der Waals surface area contributed by atoms with Gasteiger partial charge in [0.2, 0.25) is 0 Å². The number of pyridine rings is 1. The van der Waals surface area contributed by atoms with E-state index in [4.69, 9.17) is 10.2 Å². The fourth-order valence-electron chi connectivity index (χ4n) is 1.05. The van der Waals surface area contributed by atoms with E-state index >= 15 is 0 Å². The summed E-state index contributed by atoms with van der Waals surface area (Å²) in [4.78, 5) is 15.1. The molecule has 1 rings (SSSR count). The van der Waals surface area contributed by atoms with Crippen LogP contribution in [0.1, 0.15) is 10.5 Å². The second kappa shape index (κ2) is 6.82. The van der Waals surface area contributed by atoms with Gasteiger partial charge in [-0.2, -0.15) is 8.78 Å². The number of nitrogens with one attached hydrogen (secondary N) is 1. The van der Waals surface area contributed by atoms with Gasteiger partial charge in [0.15, 0.2) is 0 Å². The molecule has 0 saturated carbocycles. The van der Waals surface area contributed by atoms with Crippen molar-refractivity contribution in [3.8, 4) is 5.75 Å². The second-order valence-electron chi connectivity index (χ2n) is 3.30. The van der Waals surface area contributed by atoms with Crippen LogP contribution in [-0.4, -0.2) is 47.0 Å². The van der Waals surface area contributed by atoms with Crippen LogP contribution in [0.15, 0.2) is 18.3 Å². The first-order valence-electron chi connectivity index (χ1n) is 5.01. The van der Waals surface area contributed by atoms with Crippen LogP contribution in [0, 0.1) is 0 Å². The van der Waals surface area contributed by atoms with Crippen LogP contribution in [-0.2, 0) is 0 Å². The lowest BCUT2D eigenvalue weighted by Gasteiger charge is -2.09. The molecule has 0 bridgehead atoms. The minimum atomic E-state index is -2.95. The number of rotatable bonds is 6. The van der Waals surface area contributed by atoms with Crippen LogP contribution in [0.2, 0.25) is 0 Å². The summed E-state index contributed by atoms with van der Waals surface area (Å²) in [6, 6.07) is 2.38. The van der Waals surface area contributed by atoms with E-state index in [1.54, 1.807) is 0 Å². The molecular formula is C10H12F2N2O4. The minimum absolute atomic E-state index is 0.0123. The van der Waals surface area contributed by atoms with Gasteiger partial charge in [-0.25, -0.2) is 4.98 Å². The summed E-state index contributed by atoms with van der Waals surface area (Å²) in [7, 11) is 0. The van der Waals surface area contributed by atoms with Crippen LogP contribution in [0.25, 0.3) is 0 Å². The first-order valence-corrected chi connectivity index (χ1v) is 5.01. The molecule has 0 unspecified atom stereocenters. The summed E-state index contributed by atoms with van der Waals surface area (Å²) in [6.45, 7) is -3.56. The topological polar surface area (TPSA) is 91.7 Å². The van der Waals surface area contributed by atoms with Crippen LogP contribution in [0.4, 0.5) is 8.78 Å². The van der Waals surface area contributed by atoms with Gasteiger partial charge in [0.05, 0.1) is 18.9 Å². The molecule has 0 aliphatic carbocycles. The van der Waals surface area contributed by atoms with E-state index in [0.29, 0.717) is 0 Å². The standard InChI is InChI=1S/C10H12F2N2O4/c11-10(12)18-7-1-2-8(13-4-7)9(17)14-3-6(16)5-15/h1-2,4,6,10,15-16H,3,5H2,(H,14,17)/t6-/m1/s1. The molecule has 1 atom stereocenters. The summed E-state index contributed by atoms with van der Waals surface area (Å²) < 4.78 is 27.8. The average molecular weight is 262 g/mol. The predicted molar refractivity (Wildman–Crippen MR) is 56.3 cm³/mol. The Morgan fingerprint density at radius 2 is 2.22 bits per heavy atom. The lowest BCUT2D eigenvalue weighted by Crippen LogP contribution is -2.34. The normalized spacial score (nSPS) is 12.3. The summed E-state index contributed by atoms with van der Waals surface area (Å²) in [5.41, 5.74) is -0.0123. The van der Waals surface area contributed by atoms with E-state index in [1.165, 1.54) is 12.1 Å². The summed E-state index contributed by atoms with van der Waals surface area (Å²) in [5.74, 6) is -0.747. The Morgan fingerprint density at radius 1 is 1.50 bits per heavy atom. The number of aliphatic hydroxyl groups is 2. The van der Waals surface area contributed by atoms with Gasteiger partial charge in [0.1, 0.15) is 11.4 Å². The number of carbonyl (C=O) groups is 1. The largest absolute Gasteiger partial charge is 0.433 e. The van der Waals surface area contributed by atoms with E-state index in [1.807, 2.05) is 0 Å². The van der Waals surface area contributed by atoms with Crippen molar-refractivity contribution in [2.75, 3.05) is 13.2 Å². The third kappa shape index (κ3) is 4.60. The fraction of sp³-hybridized carbons (Fsp3) is 0.400. The van der Waals surface area contributed by atoms with Crippen molar-refractivity contribution in [3.05, 3.63) is 24.0 Å². The number of nitrogens with zero attached hydrogens (tertiary/aromatic N) is 1. The maximum Gasteiger partial charge on any atom is 0.387 e. The molecule has 8 heteroatoms. The van der Waals surface area contributed by atoms with Gasteiger partial charge in [0, 0.05) is 6.54 Å². The molecule has 100 valence electrons. The molecule has 18 heavy (non-hydrogen) atoms. The van der Waals surface area contributed by atoms with Gasteiger partial charge in [-0.05, 0) is 12.1 Å². The van der Waals surface area contributed by atoms with Crippen LogP contribution >= 0.6 is 0 Å². The summed E-state index contributed by atoms with van der Waals surface area (Å²) >= 11 is 0. The van der Waals surface area contributed by atoms with Crippen LogP contribution in [0.3, 0.4) is 0 Å². The molecule has 0 aromatic carbocycles. The Bertz CT molecular complexity index is 386. The zero-order valence-corrected chi connectivity index (χ0v) is 9.22. The maximum atomic E-state index is 11.8. The zero-order chi connectivity index (χ0) is 13.5. The molecule has 0 aliphatic heterocycles. The molecular weight excluding hydrogens is 250 g/mol. The van der Waals surface area contributed by atoms with Crippen molar-refractivity contribution < 1.29 is 28.5 Å². The Morgan fingerprint density at radius 3 is 2.72 bits per heavy atom. The number of halogens is 2. The Hall–Kier alpha value is -1.80. The Balaban J connectivity index is 2.53. The first-order chi connectivity index (χ1) is 8.52. The SMILES string of the molecule is O=C(NC[C@@H](O)CO)c1ccc(OC(F)F)cn1. The molecule has 0 spiro atoms. The van der Waals surface area contributed by atoms with Crippen molar-refractivity contribution in [3.63, 3.8) is 0 Å². The van der Waals surface area contributed by atoms with Crippen molar-refractivity contribution in [2.45, 2.75) is 12.7 Å². The van der Waals surface area contributed by atoms with Gasteiger partial charge in [-0.1, -0.05) is 0 Å². The highest BCUT2D eigenvalue weighted by atomic mass is 19.3. The lowest BCUT2D eigenvalue weighted by atomic mass is 10.3. The number of alkyl halides is 2. The van der Waals surface area contributed by atoms with E-state index in [-0.39, 0.29) is 18.0 Å². The Labute approximate surface area is 101 Å². The highest BCUT2D eigenvalue weighted by Gasteiger charge is 2.10. The van der Waals surface area contributed by atoms with Gasteiger partial charge in [-0.15, -0.1) is 0 Å². The van der Waals surface area contributed by atoms with Gasteiger partial charge in [-0.3, -0.25) is 4.79 Å². The number of hydrogen-bond donors (Lipinski definition) is 3. The fourth-order valence-corrected chi connectivity index (χ4v) is 1.05. The molecule has 3 N–H and O–H groups in total. The number of hydrogen-bond acceptors (Lipinski definition) is 5. The Kier molecular flexibility index (Phi) is 5.40. The number of amides is 1. The molecule has 0 saturated heterocycles. The molecule has 1 heterocycles. The third-order valence-electron chi connectivity index (χ3n) is 1.90. The predicted octanol–water partition coefficient (Wildman–Crippen LogP) is -0.234. The highest BCUT2D eigenvalue weighted by Crippen LogP contribution is 2.12. The summed E-state index contributed by atoms with van der Waals surface area (Å²) in [6.07, 6.45) is -0.0702. The molecule has 0 aliphatic rings. The number of aromatic nitrogens is 1. The van der Waals surface area contributed by atoms with Gasteiger partial charge >= 0.3 is 6.61 Å². The third-order valence-corrected chi connectivity index (χ3v) is 1.90. The smallest absolute Gasteiger partial charge is 0.387 e. The van der Waals surface area contributed by atoms with Gasteiger partial charge < -0.3 is 20.3 Å².